The highest BCUT2D eigenvalue weighted by atomic mass is 19.1. The van der Waals surface area contributed by atoms with E-state index >= 15 is 0 Å². The Kier molecular flexibility index (Phi) is 9.26. The van der Waals surface area contributed by atoms with Gasteiger partial charge in [-0.05, 0) is 36.8 Å². The monoisotopic (exact) mass is 466 g/mol. The van der Waals surface area contributed by atoms with E-state index in [1.807, 2.05) is 19.9 Å². The zero-order chi connectivity index (χ0) is 24.0. The minimum absolute atomic E-state index is 0.0205. The lowest BCUT2D eigenvalue weighted by molar-refractivity contribution is -0.155. The third kappa shape index (κ3) is 7.24. The SMILES string of the molecule is CC(C)C(OC[C@@H]1CC[C@@H]2[C@@H](/C=C/[C@@H](O)COc3cccc(F)c3)[C@H](O)C[C@@H]2OC1)C(=O)O. The molecule has 1 aliphatic heterocycles. The highest BCUT2D eigenvalue weighted by Gasteiger charge is 2.43. The number of hydrogen-bond acceptors (Lipinski definition) is 6. The van der Waals surface area contributed by atoms with Gasteiger partial charge >= 0.3 is 5.97 Å². The molecule has 1 saturated carbocycles. The van der Waals surface area contributed by atoms with Gasteiger partial charge in [-0.25, -0.2) is 9.18 Å². The number of benzene rings is 1. The van der Waals surface area contributed by atoms with E-state index in [1.54, 1.807) is 12.1 Å². The van der Waals surface area contributed by atoms with Gasteiger partial charge in [-0.15, -0.1) is 0 Å². The van der Waals surface area contributed by atoms with Crippen LogP contribution in [0.1, 0.15) is 33.1 Å². The fraction of sp³-hybridized carbons (Fsp3) is 0.640. The highest BCUT2D eigenvalue weighted by Crippen LogP contribution is 2.41. The van der Waals surface area contributed by atoms with Gasteiger partial charge in [0.1, 0.15) is 24.3 Å². The number of rotatable bonds is 10. The Morgan fingerprint density at radius 2 is 2.12 bits per heavy atom. The van der Waals surface area contributed by atoms with Gasteiger partial charge in [-0.1, -0.05) is 32.1 Å². The molecule has 7 atom stereocenters. The fourth-order valence-corrected chi connectivity index (χ4v) is 4.69. The Balaban J connectivity index is 1.51. The first-order valence-electron chi connectivity index (χ1n) is 11.6. The van der Waals surface area contributed by atoms with Crippen LogP contribution in [-0.4, -0.2) is 65.5 Å². The third-order valence-electron chi connectivity index (χ3n) is 6.48. The first kappa shape index (κ1) is 25.6. The van der Waals surface area contributed by atoms with Crippen molar-refractivity contribution in [2.24, 2.45) is 23.7 Å². The zero-order valence-electron chi connectivity index (χ0n) is 19.2. The third-order valence-corrected chi connectivity index (χ3v) is 6.48. The standard InChI is InChI=1S/C25H35FO7/c1-15(2)24(25(29)30)33-13-16-6-8-21-20(22(28)11-23(21)32-12-16)9-7-18(27)14-31-19-5-3-4-17(26)10-19/h3-5,7,9-10,15-16,18,20-24,27-28H,6,8,11-14H2,1-2H3,(H,29,30)/b9-7+/t16-,18-,20-,21-,22-,23+,24?/m1/s1. The molecule has 2 aliphatic rings. The Labute approximate surface area is 194 Å². The molecule has 0 radical (unpaired) electrons. The van der Waals surface area contributed by atoms with E-state index in [0.29, 0.717) is 25.4 Å². The summed E-state index contributed by atoms with van der Waals surface area (Å²) in [4.78, 5) is 11.4. The van der Waals surface area contributed by atoms with E-state index in [2.05, 4.69) is 0 Å². The minimum Gasteiger partial charge on any atom is -0.490 e. The second-order valence-electron chi connectivity index (χ2n) is 9.42. The summed E-state index contributed by atoms with van der Waals surface area (Å²) in [5.74, 6) is -1.07. The molecular formula is C25H35FO7. The lowest BCUT2D eigenvalue weighted by Crippen LogP contribution is -2.32. The van der Waals surface area contributed by atoms with Crippen LogP contribution in [0.3, 0.4) is 0 Å². The summed E-state index contributed by atoms with van der Waals surface area (Å²) in [6, 6.07) is 5.73. The van der Waals surface area contributed by atoms with Crippen molar-refractivity contribution in [1.82, 2.24) is 0 Å². The molecule has 8 heteroatoms. The molecule has 1 aliphatic carbocycles. The van der Waals surface area contributed by atoms with Gasteiger partial charge in [0, 0.05) is 24.3 Å². The van der Waals surface area contributed by atoms with Crippen LogP contribution < -0.4 is 4.74 Å². The Morgan fingerprint density at radius 3 is 2.82 bits per heavy atom. The summed E-state index contributed by atoms with van der Waals surface area (Å²) in [7, 11) is 0. The predicted octanol–water partition coefficient (Wildman–Crippen LogP) is 3.04. The van der Waals surface area contributed by atoms with Crippen molar-refractivity contribution in [3.63, 3.8) is 0 Å². The summed E-state index contributed by atoms with van der Waals surface area (Å²) in [6.45, 7) is 4.42. The largest absolute Gasteiger partial charge is 0.490 e. The van der Waals surface area contributed by atoms with Crippen molar-refractivity contribution < 1.29 is 38.7 Å². The summed E-state index contributed by atoms with van der Waals surface area (Å²) in [6.07, 6.45) is 3.23. The molecular weight excluding hydrogens is 431 g/mol. The molecule has 1 saturated heterocycles. The number of aliphatic hydroxyl groups is 2. The smallest absolute Gasteiger partial charge is 0.333 e. The molecule has 1 unspecified atom stereocenters. The maximum Gasteiger partial charge on any atom is 0.333 e. The lowest BCUT2D eigenvalue weighted by Gasteiger charge is -2.22. The van der Waals surface area contributed by atoms with Gasteiger partial charge in [0.05, 0.1) is 25.4 Å². The van der Waals surface area contributed by atoms with E-state index in [9.17, 15) is 24.5 Å². The molecule has 3 N–H and O–H groups in total. The summed E-state index contributed by atoms with van der Waals surface area (Å²) < 4.78 is 30.4. The van der Waals surface area contributed by atoms with Crippen LogP contribution in [-0.2, 0) is 14.3 Å². The second-order valence-corrected chi connectivity index (χ2v) is 9.42. The number of carboxylic acid groups (broad SMARTS) is 1. The molecule has 7 nitrogen and oxygen atoms in total. The number of aliphatic carboxylic acids is 1. The van der Waals surface area contributed by atoms with E-state index < -0.39 is 30.1 Å². The molecule has 1 aromatic carbocycles. The topological polar surface area (TPSA) is 105 Å². The molecule has 0 spiro atoms. The second kappa shape index (κ2) is 11.9. The fourth-order valence-electron chi connectivity index (χ4n) is 4.69. The number of fused-ring (bicyclic) bond motifs is 1. The van der Waals surface area contributed by atoms with Crippen LogP contribution in [0.5, 0.6) is 5.75 Å². The number of ether oxygens (including phenoxy) is 3. The average molecular weight is 467 g/mol. The predicted molar refractivity (Wildman–Crippen MR) is 119 cm³/mol. The minimum atomic E-state index is -0.954. The van der Waals surface area contributed by atoms with Crippen LogP contribution >= 0.6 is 0 Å². The molecule has 0 bridgehead atoms. The van der Waals surface area contributed by atoms with Gasteiger partial charge in [0.25, 0.3) is 0 Å². The Bertz CT molecular complexity index is 799. The normalized spacial score (nSPS) is 29.6. The molecule has 33 heavy (non-hydrogen) atoms. The molecule has 0 aromatic heterocycles. The first-order valence-corrected chi connectivity index (χ1v) is 11.6. The van der Waals surface area contributed by atoms with Crippen molar-refractivity contribution >= 4 is 5.97 Å². The Hall–Kier alpha value is -2.00. The van der Waals surface area contributed by atoms with Crippen LogP contribution in [0.2, 0.25) is 0 Å². The maximum atomic E-state index is 13.2. The summed E-state index contributed by atoms with van der Waals surface area (Å²) >= 11 is 0. The van der Waals surface area contributed by atoms with Crippen LogP contribution in [0.15, 0.2) is 36.4 Å². The molecule has 1 aromatic rings. The molecule has 3 rings (SSSR count). The van der Waals surface area contributed by atoms with Crippen molar-refractivity contribution in [2.45, 2.75) is 57.5 Å². The number of halogens is 1. The van der Waals surface area contributed by atoms with Crippen molar-refractivity contribution in [3.05, 3.63) is 42.2 Å². The number of hydrogen-bond donors (Lipinski definition) is 3. The number of carbonyl (C=O) groups is 1. The van der Waals surface area contributed by atoms with Crippen molar-refractivity contribution in [2.75, 3.05) is 19.8 Å². The van der Waals surface area contributed by atoms with Gasteiger partial charge in [-0.2, -0.15) is 0 Å². The molecule has 0 amide bonds. The quantitative estimate of drug-likeness (QED) is 0.455. The van der Waals surface area contributed by atoms with Crippen molar-refractivity contribution in [1.29, 1.82) is 0 Å². The van der Waals surface area contributed by atoms with Crippen molar-refractivity contribution in [3.8, 4) is 5.75 Å². The number of aliphatic hydroxyl groups excluding tert-OH is 2. The van der Waals surface area contributed by atoms with Gasteiger partial charge < -0.3 is 29.5 Å². The van der Waals surface area contributed by atoms with E-state index in [-0.39, 0.29) is 36.4 Å². The van der Waals surface area contributed by atoms with E-state index in [1.165, 1.54) is 18.2 Å². The highest BCUT2D eigenvalue weighted by molar-refractivity contribution is 5.72. The van der Waals surface area contributed by atoms with Crippen LogP contribution in [0.4, 0.5) is 4.39 Å². The number of carboxylic acids is 1. The molecule has 184 valence electrons. The first-order chi connectivity index (χ1) is 15.7. The van der Waals surface area contributed by atoms with Crippen LogP contribution in [0, 0.1) is 29.5 Å². The van der Waals surface area contributed by atoms with Gasteiger partial charge in [0.15, 0.2) is 6.10 Å². The molecule has 2 fully saturated rings. The summed E-state index contributed by atoms with van der Waals surface area (Å²) in [5, 5.41) is 30.1. The molecule has 1 heterocycles. The maximum absolute atomic E-state index is 13.2. The van der Waals surface area contributed by atoms with Crippen LogP contribution in [0.25, 0.3) is 0 Å². The van der Waals surface area contributed by atoms with Gasteiger partial charge in [0.2, 0.25) is 0 Å². The summed E-state index contributed by atoms with van der Waals surface area (Å²) in [5.41, 5.74) is 0. The lowest BCUT2D eigenvalue weighted by atomic mass is 9.87. The van der Waals surface area contributed by atoms with Gasteiger partial charge in [-0.3, -0.25) is 0 Å². The zero-order valence-corrected chi connectivity index (χ0v) is 19.2. The average Bonchev–Trinajstić information content (AvgIpc) is 2.92. The van der Waals surface area contributed by atoms with E-state index in [4.69, 9.17) is 14.2 Å². The van der Waals surface area contributed by atoms with E-state index in [0.717, 1.165) is 12.8 Å². The Morgan fingerprint density at radius 1 is 1.33 bits per heavy atom.